The number of para-hydroxylation sites is 1. The maximum absolute atomic E-state index is 14.2. The van der Waals surface area contributed by atoms with Crippen LogP contribution in [0.4, 0.5) is 14.5 Å². The van der Waals surface area contributed by atoms with Crippen molar-refractivity contribution >= 4 is 33.4 Å². The fraction of sp³-hybridized carbons (Fsp3) is 0.0417. The molecule has 4 nitrogen and oxygen atoms in total. The topological polar surface area (TPSA) is 60.7 Å². The highest BCUT2D eigenvalue weighted by Gasteiger charge is 2.52. The molecule has 6 heteroatoms. The van der Waals surface area contributed by atoms with Gasteiger partial charge in [0.1, 0.15) is 17.0 Å². The Morgan fingerprint density at radius 3 is 1.87 bits per heavy atom. The van der Waals surface area contributed by atoms with E-state index < -0.39 is 17.0 Å². The van der Waals surface area contributed by atoms with E-state index in [1.165, 1.54) is 24.3 Å². The Bertz CT molecular complexity index is 1400. The van der Waals surface area contributed by atoms with Crippen LogP contribution in [0.3, 0.4) is 0 Å². The lowest BCUT2D eigenvalue weighted by Crippen LogP contribution is -2.36. The molecule has 0 aliphatic carbocycles. The van der Waals surface area contributed by atoms with Gasteiger partial charge < -0.3 is 15.3 Å². The Morgan fingerprint density at radius 1 is 0.700 bits per heavy atom. The van der Waals surface area contributed by atoms with E-state index in [1.54, 1.807) is 24.5 Å². The lowest BCUT2D eigenvalue weighted by molar-refractivity contribution is -0.118. The normalized spacial score (nSPS) is 14.9. The number of halogens is 2. The van der Waals surface area contributed by atoms with Crippen LogP contribution in [-0.4, -0.2) is 15.9 Å². The zero-order chi connectivity index (χ0) is 20.5. The summed E-state index contributed by atoms with van der Waals surface area (Å²) in [7, 11) is 0. The van der Waals surface area contributed by atoms with Gasteiger partial charge >= 0.3 is 0 Å². The van der Waals surface area contributed by atoms with Crippen LogP contribution in [0.2, 0.25) is 0 Å². The summed E-state index contributed by atoms with van der Waals surface area (Å²) >= 11 is 0. The van der Waals surface area contributed by atoms with Crippen LogP contribution < -0.4 is 5.32 Å². The molecule has 1 amide bonds. The van der Waals surface area contributed by atoms with Crippen LogP contribution in [0, 0.1) is 11.6 Å². The van der Waals surface area contributed by atoms with Crippen molar-refractivity contribution < 1.29 is 13.6 Å². The molecule has 5 aromatic rings. The van der Waals surface area contributed by atoms with E-state index in [1.807, 2.05) is 24.3 Å². The van der Waals surface area contributed by atoms with E-state index in [0.29, 0.717) is 38.6 Å². The number of H-pyrrole nitrogens is 2. The second-order valence-electron chi connectivity index (χ2n) is 7.53. The summed E-state index contributed by atoms with van der Waals surface area (Å²) in [4.78, 5) is 20.0. The number of rotatable bonds is 2. The molecule has 0 spiro atoms. The Labute approximate surface area is 169 Å². The highest BCUT2D eigenvalue weighted by Crippen LogP contribution is 2.51. The molecule has 0 unspecified atom stereocenters. The number of hydrogen-bond acceptors (Lipinski definition) is 1. The number of hydrogen-bond donors (Lipinski definition) is 3. The molecule has 0 atom stereocenters. The average molecular weight is 399 g/mol. The van der Waals surface area contributed by atoms with E-state index >= 15 is 0 Å². The largest absolute Gasteiger partial charge is 0.361 e. The number of amides is 1. The number of nitrogens with one attached hydrogen (secondary N) is 3. The first-order valence-electron chi connectivity index (χ1n) is 9.54. The van der Waals surface area contributed by atoms with Gasteiger partial charge in [0.25, 0.3) is 0 Å². The smallest absolute Gasteiger partial charge is 0.244 e. The van der Waals surface area contributed by atoms with E-state index in [4.69, 9.17) is 0 Å². The van der Waals surface area contributed by atoms with Crippen LogP contribution in [0.15, 0.2) is 73.1 Å². The minimum atomic E-state index is -1.27. The molecule has 0 saturated carbocycles. The highest BCUT2D eigenvalue weighted by molar-refractivity contribution is 6.15. The van der Waals surface area contributed by atoms with Crippen LogP contribution >= 0.6 is 0 Å². The zero-order valence-electron chi connectivity index (χ0n) is 15.6. The van der Waals surface area contributed by atoms with Crippen molar-refractivity contribution in [3.05, 3.63) is 101 Å². The van der Waals surface area contributed by atoms with E-state index in [0.717, 1.165) is 5.56 Å². The molecule has 0 saturated heterocycles. The summed E-state index contributed by atoms with van der Waals surface area (Å²) in [6, 6.07) is 16.3. The molecular weight excluding hydrogens is 384 g/mol. The number of fused-ring (bicyclic) bond motifs is 3. The monoisotopic (exact) mass is 399 g/mol. The van der Waals surface area contributed by atoms with Gasteiger partial charge in [0.15, 0.2) is 0 Å². The molecule has 1 aliphatic heterocycles. The molecule has 3 heterocycles. The van der Waals surface area contributed by atoms with Crippen molar-refractivity contribution in [2.24, 2.45) is 0 Å². The summed E-state index contributed by atoms with van der Waals surface area (Å²) in [6.07, 6.45) is 3.48. The third kappa shape index (κ3) is 2.05. The quantitative estimate of drug-likeness (QED) is 0.375. The van der Waals surface area contributed by atoms with Crippen LogP contribution in [0.1, 0.15) is 16.7 Å². The Kier molecular flexibility index (Phi) is 3.28. The average Bonchev–Trinajstić information content (AvgIpc) is 3.41. The first-order chi connectivity index (χ1) is 14.6. The van der Waals surface area contributed by atoms with Gasteiger partial charge in [-0.25, -0.2) is 8.78 Å². The van der Waals surface area contributed by atoms with Crippen LogP contribution in [-0.2, 0) is 10.2 Å². The van der Waals surface area contributed by atoms with E-state index in [-0.39, 0.29) is 5.91 Å². The zero-order valence-corrected chi connectivity index (χ0v) is 15.6. The number of aromatic nitrogens is 2. The number of carbonyl (C=O) groups is 1. The van der Waals surface area contributed by atoms with Crippen molar-refractivity contribution in [2.45, 2.75) is 5.41 Å². The molecule has 3 aromatic carbocycles. The van der Waals surface area contributed by atoms with Crippen molar-refractivity contribution in [1.29, 1.82) is 0 Å². The molecule has 2 aromatic heterocycles. The van der Waals surface area contributed by atoms with Gasteiger partial charge in [-0.05, 0) is 42.5 Å². The summed E-state index contributed by atoms with van der Waals surface area (Å²) < 4.78 is 28.4. The third-order valence-electron chi connectivity index (χ3n) is 6.02. The second-order valence-corrected chi connectivity index (χ2v) is 7.53. The van der Waals surface area contributed by atoms with Crippen molar-refractivity contribution in [3.63, 3.8) is 0 Å². The van der Waals surface area contributed by atoms with Gasteiger partial charge in [-0.2, -0.15) is 0 Å². The first kappa shape index (κ1) is 17.0. The maximum Gasteiger partial charge on any atom is 0.244 e. The predicted octanol–water partition coefficient (Wildman–Crippen LogP) is 5.21. The van der Waals surface area contributed by atoms with Gasteiger partial charge in [0.2, 0.25) is 5.91 Å². The Morgan fingerprint density at radius 2 is 1.27 bits per heavy atom. The minimum absolute atomic E-state index is 0.265. The summed E-state index contributed by atoms with van der Waals surface area (Å²) in [5.41, 5.74) is 2.82. The van der Waals surface area contributed by atoms with Crippen LogP contribution in [0.25, 0.3) is 21.8 Å². The van der Waals surface area contributed by atoms with Crippen molar-refractivity contribution in [1.82, 2.24) is 9.97 Å². The van der Waals surface area contributed by atoms with Gasteiger partial charge in [0, 0.05) is 56.6 Å². The summed E-state index contributed by atoms with van der Waals surface area (Å²) in [6.45, 7) is 0. The van der Waals surface area contributed by atoms with Crippen molar-refractivity contribution in [2.75, 3.05) is 5.32 Å². The second kappa shape index (κ2) is 5.79. The summed E-state index contributed by atoms with van der Waals surface area (Å²) in [5.74, 6) is -1.05. The number of aromatic amines is 2. The fourth-order valence-corrected chi connectivity index (χ4v) is 4.74. The van der Waals surface area contributed by atoms with Gasteiger partial charge in [0.05, 0.1) is 0 Å². The maximum atomic E-state index is 14.2. The lowest BCUT2D eigenvalue weighted by atomic mass is 9.70. The number of benzene rings is 3. The number of anilines is 1. The Hall–Kier alpha value is -3.93. The summed E-state index contributed by atoms with van der Waals surface area (Å²) in [5, 5.41) is 4.18. The Balaban J connectivity index is 1.80. The van der Waals surface area contributed by atoms with Gasteiger partial charge in [-0.1, -0.05) is 18.2 Å². The molecule has 3 N–H and O–H groups in total. The van der Waals surface area contributed by atoms with Gasteiger partial charge in [-0.3, -0.25) is 4.79 Å². The number of carbonyl (C=O) groups excluding carboxylic acids is 1. The van der Waals surface area contributed by atoms with Gasteiger partial charge in [-0.15, -0.1) is 0 Å². The molecule has 146 valence electrons. The fourth-order valence-electron chi connectivity index (χ4n) is 4.74. The standard InChI is InChI=1S/C24H15F2N3O/c25-13-5-7-20-15(9-13)18(11-27-20)24(17-3-1-2-4-22(17)29-23(24)30)19-12-28-21-8-6-14(26)10-16(19)21/h1-12,27-28H,(H,29,30). The molecular formula is C24H15F2N3O. The SMILES string of the molecule is O=C1Nc2ccccc2C1(c1c[nH]c2ccc(F)cc12)c1c[nH]c2ccc(F)cc12. The first-order valence-corrected chi connectivity index (χ1v) is 9.54. The van der Waals surface area contributed by atoms with E-state index in [2.05, 4.69) is 15.3 Å². The minimum Gasteiger partial charge on any atom is -0.361 e. The third-order valence-corrected chi connectivity index (χ3v) is 6.02. The predicted molar refractivity (Wildman–Crippen MR) is 111 cm³/mol. The molecule has 30 heavy (non-hydrogen) atoms. The molecule has 0 radical (unpaired) electrons. The molecule has 0 fully saturated rings. The highest BCUT2D eigenvalue weighted by atomic mass is 19.1. The molecule has 6 rings (SSSR count). The van der Waals surface area contributed by atoms with Crippen LogP contribution in [0.5, 0.6) is 0 Å². The molecule has 1 aliphatic rings. The van der Waals surface area contributed by atoms with Crippen molar-refractivity contribution in [3.8, 4) is 0 Å². The molecule has 0 bridgehead atoms. The van der Waals surface area contributed by atoms with E-state index in [9.17, 15) is 13.6 Å². The lowest BCUT2D eigenvalue weighted by Gasteiger charge is -2.27.